The van der Waals surface area contributed by atoms with Gasteiger partial charge in [0.1, 0.15) is 46.0 Å². The van der Waals surface area contributed by atoms with E-state index in [9.17, 15) is 40.9 Å². The Labute approximate surface area is 324 Å². The predicted octanol–water partition coefficient (Wildman–Crippen LogP) is 4.81. The van der Waals surface area contributed by atoms with Crippen molar-refractivity contribution in [3.8, 4) is 46.0 Å². The lowest BCUT2D eigenvalue weighted by molar-refractivity contribution is 0.315. The second-order valence-electron chi connectivity index (χ2n) is 16.4. The number of fused-ring (bicyclic) bond motifs is 8. The smallest absolute Gasteiger partial charge is 0.119 e. The molecule has 0 amide bonds. The standard InChI is InChI=1S/C44H48N4O8/c49-25-9-21(10-26(50)17-25)41-33-1-2-34(45-33)42(22-11-27(51)18-28(52)12-22)36-5-6-38(47-36)44(24-15-31(55)20-32(56)16-24)40-8-7-39(48-40)43(37-4-3-35(41)46-37)23-13-29(53)19-30(54)14-23/h1-2,7-20,33-56H,3-6H2. The number of phenolic OH excluding ortho intramolecular Hbond substituents is 8. The Balaban J connectivity index is 1.18. The number of nitrogens with one attached hydrogen (secondary N) is 4. The van der Waals surface area contributed by atoms with E-state index in [1.807, 2.05) is 0 Å². The number of rotatable bonds is 4. The molecular formula is C44H48N4O8. The van der Waals surface area contributed by atoms with Gasteiger partial charge in [0, 0.05) is 96.3 Å². The van der Waals surface area contributed by atoms with Crippen molar-refractivity contribution in [2.45, 2.75) is 97.7 Å². The van der Waals surface area contributed by atoms with Crippen molar-refractivity contribution in [3.63, 3.8) is 0 Å². The minimum Gasteiger partial charge on any atom is -0.508 e. The SMILES string of the molecule is Oc1cc(O)cc(C2C3C=CC(N3)C(c3cc(O)cc(O)c3)C3CCC(N3)C(c3cc(O)cc(O)c3)C3C=CC(N3)C(c3cc(O)cc(O)c3)C3CCC2N3)c1. The van der Waals surface area contributed by atoms with Gasteiger partial charge in [0.25, 0.3) is 0 Å². The molecule has 0 saturated carbocycles. The second kappa shape index (κ2) is 14.3. The van der Waals surface area contributed by atoms with E-state index in [0.29, 0.717) is 0 Å². The van der Waals surface area contributed by atoms with Gasteiger partial charge in [0.05, 0.1) is 0 Å². The molecule has 0 spiro atoms. The number of aromatic hydroxyl groups is 8. The van der Waals surface area contributed by atoms with Crippen molar-refractivity contribution in [1.29, 1.82) is 0 Å². The van der Waals surface area contributed by atoms with Gasteiger partial charge in [0.2, 0.25) is 0 Å². The van der Waals surface area contributed by atoms with Crippen LogP contribution in [-0.4, -0.2) is 89.2 Å². The molecule has 9 rings (SSSR count). The van der Waals surface area contributed by atoms with E-state index in [2.05, 4.69) is 45.6 Å². The zero-order valence-corrected chi connectivity index (χ0v) is 30.6. The van der Waals surface area contributed by atoms with E-state index in [4.69, 9.17) is 0 Å². The fourth-order valence-corrected chi connectivity index (χ4v) is 10.8. The average Bonchev–Trinajstić information content (AvgIpc) is 3.94. The highest BCUT2D eigenvalue weighted by molar-refractivity contribution is 5.46. The largest absolute Gasteiger partial charge is 0.508 e. The molecule has 12 N–H and O–H groups in total. The van der Waals surface area contributed by atoms with Crippen LogP contribution >= 0.6 is 0 Å². The summed E-state index contributed by atoms with van der Waals surface area (Å²) in [7, 11) is 0. The Kier molecular flexibility index (Phi) is 9.24. The van der Waals surface area contributed by atoms with Crippen LogP contribution in [0.25, 0.3) is 0 Å². The van der Waals surface area contributed by atoms with Gasteiger partial charge in [-0.15, -0.1) is 0 Å². The van der Waals surface area contributed by atoms with Gasteiger partial charge in [-0.1, -0.05) is 24.3 Å². The number of hydrogen-bond donors (Lipinski definition) is 12. The summed E-state index contributed by atoms with van der Waals surface area (Å²) < 4.78 is 0. The van der Waals surface area contributed by atoms with E-state index in [0.717, 1.165) is 47.9 Å². The van der Waals surface area contributed by atoms with Crippen molar-refractivity contribution < 1.29 is 40.9 Å². The molecule has 12 unspecified atom stereocenters. The first-order chi connectivity index (χ1) is 26.9. The highest BCUT2D eigenvalue weighted by Gasteiger charge is 2.47. The van der Waals surface area contributed by atoms with E-state index >= 15 is 0 Å². The van der Waals surface area contributed by atoms with Gasteiger partial charge in [-0.05, 0) is 96.5 Å². The van der Waals surface area contributed by atoms with Crippen LogP contribution < -0.4 is 21.3 Å². The van der Waals surface area contributed by atoms with Gasteiger partial charge < -0.3 is 62.1 Å². The molecule has 5 heterocycles. The first kappa shape index (κ1) is 36.3. The normalized spacial score (nSPS) is 33.6. The Morgan fingerprint density at radius 1 is 0.286 bits per heavy atom. The number of phenols is 8. The summed E-state index contributed by atoms with van der Waals surface area (Å²) in [4.78, 5) is 0. The van der Waals surface area contributed by atoms with E-state index < -0.39 is 0 Å². The fourth-order valence-electron chi connectivity index (χ4n) is 10.8. The predicted molar refractivity (Wildman–Crippen MR) is 210 cm³/mol. The maximum atomic E-state index is 10.7. The van der Waals surface area contributed by atoms with Gasteiger partial charge in [0.15, 0.2) is 0 Å². The summed E-state index contributed by atoms with van der Waals surface area (Å²) >= 11 is 0. The third-order valence-electron chi connectivity index (χ3n) is 12.8. The van der Waals surface area contributed by atoms with Crippen LogP contribution in [0.4, 0.5) is 0 Å². The quantitative estimate of drug-likeness (QED) is 0.127. The van der Waals surface area contributed by atoms with Crippen LogP contribution in [0, 0.1) is 0 Å². The topological polar surface area (TPSA) is 210 Å². The van der Waals surface area contributed by atoms with Crippen molar-refractivity contribution in [3.05, 3.63) is 119 Å². The molecule has 56 heavy (non-hydrogen) atoms. The minimum absolute atomic E-state index is 0.0384. The lowest BCUT2D eigenvalue weighted by atomic mass is 9.83. The Morgan fingerprint density at radius 3 is 0.679 bits per heavy atom. The molecule has 12 nitrogen and oxygen atoms in total. The molecule has 0 radical (unpaired) electrons. The van der Waals surface area contributed by atoms with Crippen LogP contribution in [0.2, 0.25) is 0 Å². The lowest BCUT2D eigenvalue weighted by Crippen LogP contribution is -2.52. The maximum Gasteiger partial charge on any atom is 0.119 e. The summed E-state index contributed by atoms with van der Waals surface area (Å²) in [5.74, 6) is -1.27. The van der Waals surface area contributed by atoms with E-state index in [-0.39, 0.29) is 118 Å². The molecule has 3 saturated heterocycles. The minimum atomic E-state index is -0.240. The molecule has 4 aromatic carbocycles. The Bertz CT molecular complexity index is 1810. The Hall–Kier alpha value is -5.40. The maximum absolute atomic E-state index is 10.7. The van der Waals surface area contributed by atoms with Crippen molar-refractivity contribution in [1.82, 2.24) is 21.3 Å². The third kappa shape index (κ3) is 6.87. The number of benzene rings is 4. The highest BCUT2D eigenvalue weighted by atomic mass is 16.3. The average molecular weight is 761 g/mol. The second-order valence-corrected chi connectivity index (χ2v) is 16.4. The molecule has 4 aromatic rings. The summed E-state index contributed by atoms with van der Waals surface area (Å²) in [6, 6.07) is 17.4. The first-order valence-electron chi connectivity index (χ1n) is 19.5. The van der Waals surface area contributed by atoms with Crippen molar-refractivity contribution in [2.24, 2.45) is 0 Å². The summed E-state index contributed by atoms with van der Waals surface area (Å²) in [6.07, 6.45) is 11.6. The Morgan fingerprint density at radius 2 is 0.482 bits per heavy atom. The van der Waals surface area contributed by atoms with Gasteiger partial charge in [-0.3, -0.25) is 0 Å². The van der Waals surface area contributed by atoms with Crippen molar-refractivity contribution >= 4 is 0 Å². The van der Waals surface area contributed by atoms with Crippen LogP contribution in [0.5, 0.6) is 46.0 Å². The lowest BCUT2D eigenvalue weighted by Gasteiger charge is -2.38. The van der Waals surface area contributed by atoms with Crippen molar-refractivity contribution in [2.75, 3.05) is 0 Å². The monoisotopic (exact) mass is 760 g/mol. The molecule has 12 atom stereocenters. The molecule has 5 aliphatic rings. The van der Waals surface area contributed by atoms with E-state index in [1.165, 1.54) is 24.3 Å². The molecule has 8 bridgehead atoms. The number of hydrogen-bond acceptors (Lipinski definition) is 12. The van der Waals surface area contributed by atoms with Crippen LogP contribution in [-0.2, 0) is 0 Å². The molecule has 3 fully saturated rings. The van der Waals surface area contributed by atoms with E-state index in [1.54, 1.807) is 48.5 Å². The molecule has 0 aliphatic carbocycles. The molecule has 5 aliphatic heterocycles. The molecule has 292 valence electrons. The van der Waals surface area contributed by atoms with Gasteiger partial charge in [-0.2, -0.15) is 0 Å². The van der Waals surface area contributed by atoms with Crippen LogP contribution in [0.1, 0.15) is 71.6 Å². The zero-order chi connectivity index (χ0) is 38.8. The fraction of sp³-hybridized carbons (Fsp3) is 0.364. The molecular weight excluding hydrogens is 713 g/mol. The molecule has 12 heteroatoms. The zero-order valence-electron chi connectivity index (χ0n) is 30.6. The summed E-state index contributed by atoms with van der Waals surface area (Å²) in [5, 5.41) is 101. The molecule has 0 aromatic heterocycles. The van der Waals surface area contributed by atoms with Gasteiger partial charge >= 0.3 is 0 Å². The third-order valence-corrected chi connectivity index (χ3v) is 12.8. The highest BCUT2D eigenvalue weighted by Crippen LogP contribution is 2.46. The van der Waals surface area contributed by atoms with Gasteiger partial charge in [-0.25, -0.2) is 0 Å². The summed E-state index contributed by atoms with van der Waals surface area (Å²) in [5.41, 5.74) is 3.05. The van der Waals surface area contributed by atoms with Crippen LogP contribution in [0.3, 0.4) is 0 Å². The van der Waals surface area contributed by atoms with Crippen LogP contribution in [0.15, 0.2) is 97.1 Å². The first-order valence-corrected chi connectivity index (χ1v) is 19.5. The summed E-state index contributed by atoms with van der Waals surface area (Å²) in [6.45, 7) is 0.